The van der Waals surface area contributed by atoms with Crippen LogP contribution in [0.4, 0.5) is 5.69 Å². The summed E-state index contributed by atoms with van der Waals surface area (Å²) < 4.78 is 0. The number of nitrogens with zero attached hydrogens (tertiary/aromatic N) is 2. The van der Waals surface area contributed by atoms with Gasteiger partial charge in [0.15, 0.2) is 0 Å². The van der Waals surface area contributed by atoms with Gasteiger partial charge >= 0.3 is 5.97 Å². The van der Waals surface area contributed by atoms with E-state index in [0.717, 1.165) is 24.2 Å². The standard InChI is InChI=1S/C14H17N3O2/c1-9-6-12(7-13(8-15)16-9)17-11-4-2-10(3-5-11)14(18)19/h6-7,10-11H,2-5H2,1H3,(H,16,17)(H,18,19). The number of nitriles is 1. The number of aliphatic carboxylic acids is 1. The van der Waals surface area contributed by atoms with Crippen LogP contribution in [0.2, 0.25) is 0 Å². The van der Waals surface area contributed by atoms with E-state index in [4.69, 9.17) is 10.4 Å². The highest BCUT2D eigenvalue weighted by atomic mass is 16.4. The van der Waals surface area contributed by atoms with Gasteiger partial charge < -0.3 is 10.4 Å². The van der Waals surface area contributed by atoms with Gasteiger partial charge in [-0.1, -0.05) is 0 Å². The van der Waals surface area contributed by atoms with Gasteiger partial charge in [-0.25, -0.2) is 4.98 Å². The molecule has 1 aromatic heterocycles. The van der Waals surface area contributed by atoms with Crippen molar-refractivity contribution in [3.05, 3.63) is 23.5 Å². The summed E-state index contributed by atoms with van der Waals surface area (Å²) in [6.07, 6.45) is 3.12. The van der Waals surface area contributed by atoms with Crippen LogP contribution in [0.25, 0.3) is 0 Å². The van der Waals surface area contributed by atoms with Gasteiger partial charge in [0.1, 0.15) is 11.8 Å². The van der Waals surface area contributed by atoms with Crippen LogP contribution in [0.1, 0.15) is 37.1 Å². The Balaban J connectivity index is 1.98. The predicted octanol–water partition coefficient (Wildman–Crippen LogP) is 2.32. The molecule has 1 aliphatic rings. The number of carboxylic acids is 1. The molecule has 1 heterocycles. The maximum atomic E-state index is 10.9. The SMILES string of the molecule is Cc1cc(NC2CCC(C(=O)O)CC2)cc(C#N)n1. The van der Waals surface area contributed by atoms with Gasteiger partial charge in [-0.15, -0.1) is 0 Å². The van der Waals surface area contributed by atoms with E-state index >= 15 is 0 Å². The topological polar surface area (TPSA) is 86.0 Å². The van der Waals surface area contributed by atoms with Gasteiger partial charge in [-0.05, 0) is 44.7 Å². The Labute approximate surface area is 112 Å². The van der Waals surface area contributed by atoms with Crippen molar-refractivity contribution in [3.63, 3.8) is 0 Å². The summed E-state index contributed by atoms with van der Waals surface area (Å²) in [5.41, 5.74) is 2.10. The molecule has 2 rings (SSSR count). The van der Waals surface area contributed by atoms with Crippen molar-refractivity contribution >= 4 is 11.7 Å². The zero-order valence-corrected chi connectivity index (χ0v) is 10.9. The van der Waals surface area contributed by atoms with Crippen LogP contribution in [-0.4, -0.2) is 22.1 Å². The minimum absolute atomic E-state index is 0.202. The van der Waals surface area contributed by atoms with Crippen molar-refractivity contribution in [1.29, 1.82) is 5.26 Å². The fraction of sp³-hybridized carbons (Fsp3) is 0.500. The normalized spacial score (nSPS) is 22.5. The first-order chi connectivity index (χ1) is 9.08. The molecule has 1 saturated carbocycles. The van der Waals surface area contributed by atoms with E-state index in [0.29, 0.717) is 18.5 Å². The highest BCUT2D eigenvalue weighted by Gasteiger charge is 2.25. The molecule has 0 aromatic carbocycles. The van der Waals surface area contributed by atoms with Crippen molar-refractivity contribution < 1.29 is 9.90 Å². The maximum absolute atomic E-state index is 10.9. The molecule has 0 aliphatic heterocycles. The molecule has 0 amide bonds. The van der Waals surface area contributed by atoms with Crippen molar-refractivity contribution in [2.24, 2.45) is 5.92 Å². The van der Waals surface area contributed by atoms with Crippen LogP contribution in [0.15, 0.2) is 12.1 Å². The highest BCUT2D eigenvalue weighted by molar-refractivity contribution is 5.70. The van der Waals surface area contributed by atoms with Crippen LogP contribution in [0.3, 0.4) is 0 Å². The van der Waals surface area contributed by atoms with E-state index in [1.54, 1.807) is 6.07 Å². The highest BCUT2D eigenvalue weighted by Crippen LogP contribution is 2.27. The quantitative estimate of drug-likeness (QED) is 0.870. The average molecular weight is 259 g/mol. The summed E-state index contributed by atoms with van der Waals surface area (Å²) in [5.74, 6) is -0.892. The Morgan fingerprint density at radius 1 is 1.42 bits per heavy atom. The van der Waals surface area contributed by atoms with Crippen molar-refractivity contribution in [3.8, 4) is 6.07 Å². The number of nitrogens with one attached hydrogen (secondary N) is 1. The zero-order valence-electron chi connectivity index (χ0n) is 10.9. The Morgan fingerprint density at radius 3 is 2.68 bits per heavy atom. The molecule has 2 N–H and O–H groups in total. The Bertz CT molecular complexity index is 514. The molecular formula is C14H17N3O2. The Hall–Kier alpha value is -2.09. The number of aryl methyl sites for hydroxylation is 1. The van der Waals surface area contributed by atoms with Crippen LogP contribution >= 0.6 is 0 Å². The number of aromatic nitrogens is 1. The van der Waals surface area contributed by atoms with Crippen molar-refractivity contribution in [2.45, 2.75) is 38.6 Å². The van der Waals surface area contributed by atoms with Crippen LogP contribution < -0.4 is 5.32 Å². The number of rotatable bonds is 3. The molecule has 1 fully saturated rings. The number of anilines is 1. The molecule has 5 nitrogen and oxygen atoms in total. The fourth-order valence-electron chi connectivity index (χ4n) is 2.53. The predicted molar refractivity (Wildman–Crippen MR) is 70.7 cm³/mol. The van der Waals surface area contributed by atoms with Gasteiger partial charge in [0.25, 0.3) is 0 Å². The minimum Gasteiger partial charge on any atom is -0.481 e. The molecule has 1 aromatic rings. The number of hydrogen-bond acceptors (Lipinski definition) is 4. The second-order valence-corrected chi connectivity index (χ2v) is 5.03. The summed E-state index contributed by atoms with van der Waals surface area (Å²) in [7, 11) is 0. The summed E-state index contributed by atoms with van der Waals surface area (Å²) in [5, 5.41) is 21.2. The molecule has 1 aliphatic carbocycles. The molecule has 5 heteroatoms. The lowest BCUT2D eigenvalue weighted by Crippen LogP contribution is -2.29. The van der Waals surface area contributed by atoms with E-state index in [9.17, 15) is 4.79 Å². The smallest absolute Gasteiger partial charge is 0.306 e. The number of carboxylic acid groups (broad SMARTS) is 1. The third-order valence-corrected chi connectivity index (χ3v) is 3.52. The third kappa shape index (κ3) is 3.44. The van der Waals surface area contributed by atoms with E-state index in [2.05, 4.69) is 10.3 Å². The first-order valence-corrected chi connectivity index (χ1v) is 6.46. The maximum Gasteiger partial charge on any atom is 0.306 e. The largest absolute Gasteiger partial charge is 0.481 e. The van der Waals surface area contributed by atoms with Crippen LogP contribution in [0.5, 0.6) is 0 Å². The van der Waals surface area contributed by atoms with Crippen molar-refractivity contribution in [2.75, 3.05) is 5.32 Å². The lowest BCUT2D eigenvalue weighted by atomic mass is 9.86. The van der Waals surface area contributed by atoms with Gasteiger partial charge in [-0.2, -0.15) is 5.26 Å². The third-order valence-electron chi connectivity index (χ3n) is 3.52. The van der Waals surface area contributed by atoms with Gasteiger partial charge in [0.05, 0.1) is 5.92 Å². The molecule has 100 valence electrons. The number of hydrogen-bond donors (Lipinski definition) is 2. The fourth-order valence-corrected chi connectivity index (χ4v) is 2.53. The van der Waals surface area contributed by atoms with E-state index in [-0.39, 0.29) is 12.0 Å². The molecule has 0 unspecified atom stereocenters. The van der Waals surface area contributed by atoms with E-state index in [1.165, 1.54) is 0 Å². The average Bonchev–Trinajstić information content (AvgIpc) is 2.38. The van der Waals surface area contributed by atoms with E-state index in [1.807, 2.05) is 19.1 Å². The minimum atomic E-state index is -0.690. The summed E-state index contributed by atoms with van der Waals surface area (Å²) in [6, 6.07) is 5.96. The van der Waals surface area contributed by atoms with E-state index < -0.39 is 5.97 Å². The van der Waals surface area contributed by atoms with Gasteiger partial charge in [0, 0.05) is 17.4 Å². The molecule has 0 spiro atoms. The second kappa shape index (κ2) is 5.70. The lowest BCUT2D eigenvalue weighted by Gasteiger charge is -2.27. The molecule has 0 bridgehead atoms. The van der Waals surface area contributed by atoms with Crippen LogP contribution in [-0.2, 0) is 4.79 Å². The first-order valence-electron chi connectivity index (χ1n) is 6.46. The molecule has 0 saturated heterocycles. The number of pyridine rings is 1. The molecular weight excluding hydrogens is 242 g/mol. The van der Waals surface area contributed by atoms with Gasteiger partial charge in [-0.3, -0.25) is 4.79 Å². The monoisotopic (exact) mass is 259 g/mol. The first kappa shape index (κ1) is 13.3. The molecule has 0 atom stereocenters. The summed E-state index contributed by atoms with van der Waals surface area (Å²) in [6.45, 7) is 1.85. The second-order valence-electron chi connectivity index (χ2n) is 5.03. The Morgan fingerprint density at radius 2 is 2.11 bits per heavy atom. The van der Waals surface area contributed by atoms with Gasteiger partial charge in [0.2, 0.25) is 0 Å². The lowest BCUT2D eigenvalue weighted by molar-refractivity contribution is -0.142. The summed E-state index contributed by atoms with van der Waals surface area (Å²) >= 11 is 0. The van der Waals surface area contributed by atoms with Crippen molar-refractivity contribution in [1.82, 2.24) is 4.98 Å². The molecule has 0 radical (unpaired) electrons. The number of carbonyl (C=O) groups is 1. The summed E-state index contributed by atoms with van der Waals surface area (Å²) in [4.78, 5) is 15.0. The Kier molecular flexibility index (Phi) is 4.00. The molecule has 19 heavy (non-hydrogen) atoms. The zero-order chi connectivity index (χ0) is 13.8. The van der Waals surface area contributed by atoms with Crippen LogP contribution in [0, 0.1) is 24.2 Å².